The van der Waals surface area contributed by atoms with Crippen molar-refractivity contribution in [1.82, 2.24) is 4.31 Å². The summed E-state index contributed by atoms with van der Waals surface area (Å²) in [5.74, 6) is 0.342. The SMILES string of the molecule is C=CCN(Cc1cccc(C#N)c1)S(=O)(=O)c1ccc(C(C)C)cc1. The van der Waals surface area contributed by atoms with Crippen LogP contribution in [-0.4, -0.2) is 19.3 Å². The summed E-state index contributed by atoms with van der Waals surface area (Å²) in [5, 5.41) is 9.01. The lowest BCUT2D eigenvalue weighted by molar-refractivity contribution is 0.438. The van der Waals surface area contributed by atoms with Crippen molar-refractivity contribution in [1.29, 1.82) is 5.26 Å². The number of sulfonamides is 1. The Balaban J connectivity index is 2.33. The first-order valence-corrected chi connectivity index (χ1v) is 9.52. The van der Waals surface area contributed by atoms with Gasteiger partial charge in [0.05, 0.1) is 16.5 Å². The maximum absolute atomic E-state index is 13.0. The van der Waals surface area contributed by atoms with Crippen LogP contribution in [0.25, 0.3) is 0 Å². The van der Waals surface area contributed by atoms with Gasteiger partial charge in [-0.3, -0.25) is 0 Å². The van der Waals surface area contributed by atoms with Gasteiger partial charge in [0, 0.05) is 13.1 Å². The third-order valence-electron chi connectivity index (χ3n) is 3.93. The lowest BCUT2D eigenvalue weighted by Gasteiger charge is -2.21. The van der Waals surface area contributed by atoms with Crippen LogP contribution in [0.5, 0.6) is 0 Å². The molecule has 2 aromatic rings. The molecule has 0 N–H and O–H groups in total. The summed E-state index contributed by atoms with van der Waals surface area (Å²) < 4.78 is 27.3. The summed E-state index contributed by atoms with van der Waals surface area (Å²) in [6.07, 6.45) is 1.56. The third-order valence-corrected chi connectivity index (χ3v) is 5.76. The Morgan fingerprint density at radius 3 is 2.44 bits per heavy atom. The van der Waals surface area contributed by atoms with Crippen LogP contribution in [0.3, 0.4) is 0 Å². The predicted molar refractivity (Wildman–Crippen MR) is 99.5 cm³/mol. The van der Waals surface area contributed by atoms with Crippen LogP contribution in [0.4, 0.5) is 0 Å². The highest BCUT2D eigenvalue weighted by Crippen LogP contribution is 2.22. The fourth-order valence-electron chi connectivity index (χ4n) is 2.51. The normalized spacial score (nSPS) is 11.5. The predicted octanol–water partition coefficient (Wildman–Crippen LogP) is 4.06. The molecule has 0 amide bonds. The van der Waals surface area contributed by atoms with Gasteiger partial charge in [-0.25, -0.2) is 8.42 Å². The molecule has 25 heavy (non-hydrogen) atoms. The van der Waals surface area contributed by atoms with Gasteiger partial charge in [0.2, 0.25) is 10.0 Å². The molecule has 0 bridgehead atoms. The van der Waals surface area contributed by atoms with E-state index in [2.05, 4.69) is 26.5 Å². The van der Waals surface area contributed by atoms with Crippen molar-refractivity contribution in [2.45, 2.75) is 31.2 Å². The molecular formula is C20H22N2O2S. The fraction of sp³-hybridized carbons (Fsp3) is 0.250. The van der Waals surface area contributed by atoms with E-state index in [-0.39, 0.29) is 18.0 Å². The Hall–Kier alpha value is -2.42. The standard InChI is InChI=1S/C20H22N2O2S/c1-4-12-22(15-18-7-5-6-17(13-18)14-21)25(23,24)20-10-8-19(9-11-20)16(2)3/h4-11,13,16H,1,12,15H2,2-3H3. The molecule has 0 aliphatic carbocycles. The Morgan fingerprint density at radius 1 is 1.20 bits per heavy atom. The van der Waals surface area contributed by atoms with Crippen LogP contribution in [-0.2, 0) is 16.6 Å². The lowest BCUT2D eigenvalue weighted by atomic mass is 10.0. The molecule has 0 fully saturated rings. The number of hydrogen-bond donors (Lipinski definition) is 0. The van der Waals surface area contributed by atoms with E-state index in [1.807, 2.05) is 18.2 Å². The van der Waals surface area contributed by atoms with E-state index in [1.54, 1.807) is 36.4 Å². The zero-order valence-corrected chi connectivity index (χ0v) is 15.3. The minimum absolute atomic E-state index is 0.190. The second kappa shape index (κ2) is 8.11. The molecule has 0 aliphatic rings. The zero-order chi connectivity index (χ0) is 18.4. The molecule has 0 unspecified atom stereocenters. The first kappa shape index (κ1) is 18.9. The number of hydrogen-bond acceptors (Lipinski definition) is 3. The highest BCUT2D eigenvalue weighted by Gasteiger charge is 2.23. The van der Waals surface area contributed by atoms with Crippen molar-refractivity contribution < 1.29 is 8.42 Å². The number of nitrogens with zero attached hydrogens (tertiary/aromatic N) is 2. The van der Waals surface area contributed by atoms with Crippen molar-refractivity contribution in [3.63, 3.8) is 0 Å². The van der Waals surface area contributed by atoms with Gasteiger partial charge in [0.1, 0.15) is 0 Å². The first-order valence-electron chi connectivity index (χ1n) is 8.08. The van der Waals surface area contributed by atoms with Crippen molar-refractivity contribution in [3.8, 4) is 6.07 Å². The fourth-order valence-corrected chi connectivity index (χ4v) is 3.91. The van der Waals surface area contributed by atoms with E-state index in [1.165, 1.54) is 4.31 Å². The van der Waals surface area contributed by atoms with Crippen LogP contribution in [0.2, 0.25) is 0 Å². The summed E-state index contributed by atoms with van der Waals surface area (Å²) >= 11 is 0. The smallest absolute Gasteiger partial charge is 0.207 e. The van der Waals surface area contributed by atoms with Gasteiger partial charge < -0.3 is 0 Å². The van der Waals surface area contributed by atoms with E-state index in [4.69, 9.17) is 5.26 Å². The molecule has 0 saturated heterocycles. The maximum atomic E-state index is 13.0. The highest BCUT2D eigenvalue weighted by atomic mass is 32.2. The molecule has 0 saturated carbocycles. The Bertz CT molecular complexity index is 879. The molecule has 130 valence electrons. The zero-order valence-electron chi connectivity index (χ0n) is 14.5. The molecule has 0 heterocycles. The summed E-state index contributed by atoms with van der Waals surface area (Å²) in [6, 6.07) is 16.0. The van der Waals surface area contributed by atoms with Crippen molar-refractivity contribution in [2.24, 2.45) is 0 Å². The topological polar surface area (TPSA) is 61.2 Å². The van der Waals surface area contributed by atoms with Crippen LogP contribution in [0.15, 0.2) is 66.1 Å². The van der Waals surface area contributed by atoms with E-state index in [0.29, 0.717) is 11.5 Å². The minimum Gasteiger partial charge on any atom is -0.207 e. The van der Waals surface area contributed by atoms with Crippen LogP contribution in [0, 0.1) is 11.3 Å². The van der Waals surface area contributed by atoms with Crippen molar-refractivity contribution in [3.05, 3.63) is 77.9 Å². The molecule has 2 rings (SSSR count). The van der Waals surface area contributed by atoms with Gasteiger partial charge in [0.15, 0.2) is 0 Å². The van der Waals surface area contributed by atoms with Gasteiger partial charge in [-0.2, -0.15) is 9.57 Å². The molecule has 2 aromatic carbocycles. The second-order valence-electron chi connectivity index (χ2n) is 6.12. The molecular weight excluding hydrogens is 332 g/mol. The van der Waals surface area contributed by atoms with E-state index >= 15 is 0 Å². The van der Waals surface area contributed by atoms with Crippen LogP contribution in [0.1, 0.15) is 36.5 Å². The van der Waals surface area contributed by atoms with E-state index < -0.39 is 10.0 Å². The first-order chi connectivity index (χ1) is 11.9. The summed E-state index contributed by atoms with van der Waals surface area (Å²) in [4.78, 5) is 0.259. The molecule has 5 heteroatoms. The van der Waals surface area contributed by atoms with Crippen molar-refractivity contribution in [2.75, 3.05) is 6.54 Å². The van der Waals surface area contributed by atoms with Crippen LogP contribution >= 0.6 is 0 Å². The number of rotatable bonds is 7. The molecule has 0 spiro atoms. The second-order valence-corrected chi connectivity index (χ2v) is 8.06. The van der Waals surface area contributed by atoms with E-state index in [0.717, 1.165) is 11.1 Å². The average Bonchev–Trinajstić information content (AvgIpc) is 2.61. The van der Waals surface area contributed by atoms with Crippen LogP contribution < -0.4 is 0 Å². The Kier molecular flexibility index (Phi) is 6.13. The number of nitriles is 1. The molecule has 0 radical (unpaired) electrons. The summed E-state index contributed by atoms with van der Waals surface area (Å²) in [5.41, 5.74) is 2.37. The van der Waals surface area contributed by atoms with Gasteiger partial charge in [0.25, 0.3) is 0 Å². The minimum atomic E-state index is -3.64. The quantitative estimate of drug-likeness (QED) is 0.705. The van der Waals surface area contributed by atoms with Gasteiger partial charge in [-0.05, 0) is 41.3 Å². The maximum Gasteiger partial charge on any atom is 0.243 e. The van der Waals surface area contributed by atoms with Gasteiger partial charge >= 0.3 is 0 Å². The van der Waals surface area contributed by atoms with Gasteiger partial charge in [-0.15, -0.1) is 6.58 Å². The largest absolute Gasteiger partial charge is 0.243 e. The third kappa shape index (κ3) is 4.56. The number of benzene rings is 2. The molecule has 0 aliphatic heterocycles. The lowest BCUT2D eigenvalue weighted by Crippen LogP contribution is -2.30. The molecule has 0 aromatic heterocycles. The monoisotopic (exact) mass is 354 g/mol. The highest BCUT2D eigenvalue weighted by molar-refractivity contribution is 7.89. The van der Waals surface area contributed by atoms with Crippen molar-refractivity contribution >= 4 is 10.0 Å². The Morgan fingerprint density at radius 2 is 1.88 bits per heavy atom. The summed E-state index contributed by atoms with van der Waals surface area (Å²) in [7, 11) is -3.64. The molecule has 0 atom stereocenters. The molecule has 4 nitrogen and oxygen atoms in total. The average molecular weight is 354 g/mol. The van der Waals surface area contributed by atoms with Gasteiger partial charge in [-0.1, -0.05) is 44.2 Å². The summed E-state index contributed by atoms with van der Waals surface area (Å²) in [6.45, 7) is 8.18. The van der Waals surface area contributed by atoms with E-state index in [9.17, 15) is 8.42 Å². The Labute approximate surface area is 150 Å².